The predicted molar refractivity (Wildman–Crippen MR) is 49.9 cm³/mol. The summed E-state index contributed by atoms with van der Waals surface area (Å²) >= 11 is 0. The van der Waals surface area contributed by atoms with Crippen LogP contribution in [0, 0.1) is 11.3 Å². The first-order valence-corrected chi connectivity index (χ1v) is 4.55. The number of alkyl halides is 3. The molecule has 1 heterocycles. The molecule has 0 bridgehead atoms. The summed E-state index contributed by atoms with van der Waals surface area (Å²) in [6.07, 6.45) is -4.68. The van der Waals surface area contributed by atoms with E-state index in [0.717, 1.165) is 6.07 Å². The highest BCUT2D eigenvalue weighted by molar-refractivity contribution is 5.87. The number of rotatable bonds is 2. The van der Waals surface area contributed by atoms with Crippen molar-refractivity contribution in [1.82, 2.24) is 4.98 Å². The minimum atomic E-state index is -4.68. The molecule has 0 aliphatic rings. The van der Waals surface area contributed by atoms with E-state index in [1.807, 2.05) is 0 Å². The molecule has 0 amide bonds. The second kappa shape index (κ2) is 4.82. The summed E-state index contributed by atoms with van der Waals surface area (Å²) in [6, 6.07) is 2.81. The summed E-state index contributed by atoms with van der Waals surface area (Å²) in [5.74, 6) is -0.863. The van der Waals surface area contributed by atoms with E-state index in [9.17, 15) is 18.0 Å². The first-order chi connectivity index (χ1) is 7.90. The first-order valence-electron chi connectivity index (χ1n) is 4.55. The molecule has 0 saturated heterocycles. The number of esters is 1. The van der Waals surface area contributed by atoms with E-state index in [-0.39, 0.29) is 12.3 Å². The van der Waals surface area contributed by atoms with Crippen molar-refractivity contribution >= 4 is 5.97 Å². The van der Waals surface area contributed by atoms with Gasteiger partial charge in [0.05, 0.1) is 12.2 Å². The lowest BCUT2D eigenvalue weighted by Crippen LogP contribution is -2.13. The Balaban J connectivity index is 3.19. The molecule has 0 aliphatic heterocycles. The van der Waals surface area contributed by atoms with Crippen LogP contribution in [0.25, 0.3) is 0 Å². The van der Waals surface area contributed by atoms with E-state index in [1.165, 1.54) is 6.07 Å². The number of nitrogens with zero attached hydrogens (tertiary/aromatic N) is 2. The normalized spacial score (nSPS) is 10.8. The number of ether oxygens (including phenoxy) is 1. The lowest BCUT2D eigenvalue weighted by atomic mass is 10.1. The highest BCUT2D eigenvalue weighted by atomic mass is 19.4. The van der Waals surface area contributed by atoms with E-state index in [0.29, 0.717) is 6.07 Å². The van der Waals surface area contributed by atoms with Crippen molar-refractivity contribution in [2.75, 3.05) is 6.61 Å². The molecule has 0 aromatic carbocycles. The summed E-state index contributed by atoms with van der Waals surface area (Å²) in [6.45, 7) is 1.62. The fraction of sp³-hybridized carbons (Fsp3) is 0.300. The number of aromatic nitrogens is 1. The van der Waals surface area contributed by atoms with E-state index in [2.05, 4.69) is 9.72 Å². The molecule has 0 aliphatic carbocycles. The largest absolute Gasteiger partial charge is 0.461 e. The molecule has 0 spiro atoms. The smallest absolute Gasteiger partial charge is 0.419 e. The quantitative estimate of drug-likeness (QED) is 0.748. The van der Waals surface area contributed by atoms with Crippen LogP contribution in [0.5, 0.6) is 0 Å². The maximum Gasteiger partial charge on any atom is 0.419 e. The molecule has 1 aromatic heterocycles. The van der Waals surface area contributed by atoms with Gasteiger partial charge in [-0.15, -0.1) is 0 Å². The van der Waals surface area contributed by atoms with Gasteiger partial charge >= 0.3 is 12.1 Å². The number of carbonyl (C=O) groups is 1. The molecule has 0 atom stereocenters. The highest BCUT2D eigenvalue weighted by Gasteiger charge is 2.34. The van der Waals surface area contributed by atoms with Crippen molar-refractivity contribution in [1.29, 1.82) is 5.26 Å². The second-order valence-electron chi connectivity index (χ2n) is 2.92. The molecule has 0 radical (unpaired) electrons. The Kier molecular flexibility index (Phi) is 3.68. The van der Waals surface area contributed by atoms with Gasteiger partial charge < -0.3 is 4.74 Å². The van der Waals surface area contributed by atoms with Crippen molar-refractivity contribution < 1.29 is 22.7 Å². The fourth-order valence-corrected chi connectivity index (χ4v) is 1.09. The zero-order valence-electron chi connectivity index (χ0n) is 8.71. The van der Waals surface area contributed by atoms with Crippen LogP contribution in [0.15, 0.2) is 12.1 Å². The van der Waals surface area contributed by atoms with Crippen LogP contribution in [0.3, 0.4) is 0 Å². The lowest BCUT2D eigenvalue weighted by Gasteiger charge is -2.08. The van der Waals surface area contributed by atoms with Crippen LogP contribution >= 0.6 is 0 Å². The van der Waals surface area contributed by atoms with Gasteiger partial charge in [-0.1, -0.05) is 0 Å². The average Bonchev–Trinajstić information content (AvgIpc) is 2.27. The van der Waals surface area contributed by atoms with E-state index >= 15 is 0 Å². The van der Waals surface area contributed by atoms with Crippen LogP contribution in [0.1, 0.15) is 28.7 Å². The molecular weight excluding hydrogens is 237 g/mol. The van der Waals surface area contributed by atoms with Crippen molar-refractivity contribution in [2.24, 2.45) is 0 Å². The minimum Gasteiger partial charge on any atom is -0.461 e. The van der Waals surface area contributed by atoms with Crippen molar-refractivity contribution in [3.05, 3.63) is 29.1 Å². The second-order valence-corrected chi connectivity index (χ2v) is 2.92. The minimum absolute atomic E-state index is 0.0728. The van der Waals surface area contributed by atoms with Crippen LogP contribution in [0.2, 0.25) is 0 Å². The van der Waals surface area contributed by atoms with Crippen LogP contribution in [-0.4, -0.2) is 17.6 Å². The van der Waals surface area contributed by atoms with Crippen molar-refractivity contribution in [2.45, 2.75) is 13.1 Å². The van der Waals surface area contributed by atoms with Crippen molar-refractivity contribution in [3.8, 4) is 6.07 Å². The summed E-state index contributed by atoms with van der Waals surface area (Å²) in [4.78, 5) is 14.5. The molecule has 7 heteroatoms. The summed E-state index contributed by atoms with van der Waals surface area (Å²) in [7, 11) is 0. The molecule has 1 rings (SSSR count). The van der Waals surface area contributed by atoms with Gasteiger partial charge in [0.1, 0.15) is 11.8 Å². The molecule has 4 nitrogen and oxygen atoms in total. The fourth-order valence-electron chi connectivity index (χ4n) is 1.09. The van der Waals surface area contributed by atoms with Crippen molar-refractivity contribution in [3.63, 3.8) is 0 Å². The van der Waals surface area contributed by atoms with Gasteiger partial charge in [0, 0.05) is 0 Å². The van der Waals surface area contributed by atoms with E-state index in [4.69, 9.17) is 5.26 Å². The van der Waals surface area contributed by atoms with Gasteiger partial charge in [-0.3, -0.25) is 0 Å². The maximum absolute atomic E-state index is 12.4. The Morgan fingerprint density at radius 1 is 1.53 bits per heavy atom. The number of halogens is 3. The Hall–Kier alpha value is -2.10. The van der Waals surface area contributed by atoms with Gasteiger partial charge in [-0.05, 0) is 19.1 Å². The molecule has 0 unspecified atom stereocenters. The Morgan fingerprint density at radius 3 is 2.65 bits per heavy atom. The first kappa shape index (κ1) is 13.0. The molecule has 0 saturated carbocycles. The van der Waals surface area contributed by atoms with E-state index in [1.54, 1.807) is 6.92 Å². The molecular formula is C10H7F3N2O2. The Bertz CT molecular complexity index is 477. The molecule has 0 fully saturated rings. The zero-order valence-corrected chi connectivity index (χ0v) is 8.71. The zero-order chi connectivity index (χ0) is 13.1. The lowest BCUT2D eigenvalue weighted by molar-refractivity contribution is -0.138. The number of hydrogen-bond acceptors (Lipinski definition) is 4. The van der Waals surface area contributed by atoms with Gasteiger partial charge in [0.15, 0.2) is 5.69 Å². The summed E-state index contributed by atoms with van der Waals surface area (Å²) in [5, 5.41) is 8.55. The number of carbonyl (C=O) groups excluding carboxylic acids is 1. The number of pyridine rings is 1. The van der Waals surface area contributed by atoms with Gasteiger partial charge in [0.25, 0.3) is 0 Å². The summed E-state index contributed by atoms with van der Waals surface area (Å²) < 4.78 is 41.8. The SMILES string of the molecule is CCOC(=O)c1ccc(C(F)(F)F)c(C#N)n1. The Morgan fingerprint density at radius 2 is 2.18 bits per heavy atom. The average molecular weight is 244 g/mol. The van der Waals surface area contributed by atoms with Crippen LogP contribution < -0.4 is 0 Å². The highest BCUT2D eigenvalue weighted by Crippen LogP contribution is 2.31. The summed E-state index contributed by atoms with van der Waals surface area (Å²) in [5.41, 5.74) is -2.34. The maximum atomic E-state index is 12.4. The van der Waals surface area contributed by atoms with Gasteiger partial charge in [0.2, 0.25) is 0 Å². The third-order valence-electron chi connectivity index (χ3n) is 1.79. The Labute approximate surface area is 94.6 Å². The molecule has 90 valence electrons. The number of nitriles is 1. The van der Waals surface area contributed by atoms with Crippen LogP contribution in [0.4, 0.5) is 13.2 Å². The monoisotopic (exact) mass is 244 g/mol. The predicted octanol–water partition coefficient (Wildman–Crippen LogP) is 2.15. The van der Waals surface area contributed by atoms with E-state index < -0.39 is 23.4 Å². The van der Waals surface area contributed by atoms with Gasteiger partial charge in [-0.2, -0.15) is 18.4 Å². The molecule has 0 N–H and O–H groups in total. The third-order valence-corrected chi connectivity index (χ3v) is 1.79. The standard InChI is InChI=1S/C10H7F3N2O2/c1-2-17-9(16)7-4-3-6(10(11,12)13)8(5-14)15-7/h3-4H,2H2,1H3. The molecule has 17 heavy (non-hydrogen) atoms. The third kappa shape index (κ3) is 2.93. The van der Waals surface area contributed by atoms with Crippen LogP contribution in [-0.2, 0) is 10.9 Å². The topological polar surface area (TPSA) is 63.0 Å². The number of hydrogen-bond donors (Lipinski definition) is 0. The van der Waals surface area contributed by atoms with Gasteiger partial charge in [-0.25, -0.2) is 9.78 Å². The molecule has 1 aromatic rings.